The summed E-state index contributed by atoms with van der Waals surface area (Å²) >= 11 is 3.37. The van der Waals surface area contributed by atoms with E-state index in [1.807, 2.05) is 19.9 Å². The smallest absolute Gasteiger partial charge is 0.343 e. The molecule has 1 heterocycles. The predicted octanol–water partition coefficient (Wildman–Crippen LogP) is 6.19. The van der Waals surface area contributed by atoms with Crippen molar-refractivity contribution >= 4 is 34.5 Å². The number of hydrogen-bond donors (Lipinski definition) is 0. The summed E-state index contributed by atoms with van der Waals surface area (Å²) in [6.45, 7) is 7.14. The Morgan fingerprint density at radius 1 is 1.31 bits per heavy atom. The van der Waals surface area contributed by atoms with Gasteiger partial charge in [0.05, 0.1) is 23.7 Å². The number of alkyl halides is 2. The average molecular weight is 524 g/mol. The molecule has 5 nitrogen and oxygen atoms in total. The first kappa shape index (κ1) is 27.3. The number of hydrogen-bond acceptors (Lipinski definition) is 7. The normalized spacial score (nSPS) is 16.3. The number of esters is 1. The lowest BCUT2D eigenvalue weighted by atomic mass is 10.1. The molecule has 3 rings (SSSR count). The van der Waals surface area contributed by atoms with Crippen molar-refractivity contribution in [3.63, 3.8) is 0 Å². The van der Waals surface area contributed by atoms with Gasteiger partial charge in [-0.05, 0) is 37.5 Å². The Labute approximate surface area is 214 Å². The standard InChI is InChI=1S/C26H31F2NO4S2/c1-5-29-26(19-8-6-7-18(9-10-19)25(27)28)35-17(3)15-34-21-13-16(2)23(33-14-22(30)31-4)20-11-12-32-24(20)21/h6-7,9-10,13,17,25H,5,8,11-12,14-15H2,1-4H3. The van der Waals surface area contributed by atoms with Crippen LogP contribution in [0.2, 0.25) is 0 Å². The lowest BCUT2D eigenvalue weighted by molar-refractivity contribution is -0.142. The molecule has 2 aliphatic rings. The van der Waals surface area contributed by atoms with E-state index in [4.69, 9.17) is 9.47 Å². The molecule has 9 heteroatoms. The first-order chi connectivity index (χ1) is 16.8. The molecule has 1 unspecified atom stereocenters. The summed E-state index contributed by atoms with van der Waals surface area (Å²) < 4.78 is 42.5. The van der Waals surface area contributed by atoms with Gasteiger partial charge in [0, 0.05) is 35.1 Å². The van der Waals surface area contributed by atoms with E-state index in [1.54, 1.807) is 35.7 Å². The van der Waals surface area contributed by atoms with Crippen LogP contribution in [0, 0.1) is 6.92 Å². The minimum Gasteiger partial charge on any atom is -0.492 e. The maximum absolute atomic E-state index is 13.1. The third-order valence-corrected chi connectivity index (χ3v) is 8.05. The van der Waals surface area contributed by atoms with E-state index in [-0.39, 0.29) is 17.4 Å². The first-order valence-corrected chi connectivity index (χ1v) is 13.4. The maximum Gasteiger partial charge on any atom is 0.343 e. The summed E-state index contributed by atoms with van der Waals surface area (Å²) in [5.41, 5.74) is 2.91. The molecule has 1 aromatic rings. The van der Waals surface area contributed by atoms with Crippen molar-refractivity contribution in [1.29, 1.82) is 0 Å². The molecule has 0 spiro atoms. The lowest BCUT2D eigenvalue weighted by Crippen LogP contribution is -2.14. The SMILES string of the molecule is CCN=C(SC(C)CSc1cc(C)c(OCC(=O)OC)c2c1OCC2)C1=CC=C(C(F)F)C=CC1. The Kier molecular flexibility index (Phi) is 10.3. The Morgan fingerprint density at radius 3 is 2.83 bits per heavy atom. The number of thioether (sulfide) groups is 2. The van der Waals surface area contributed by atoms with Gasteiger partial charge in [0.1, 0.15) is 11.5 Å². The van der Waals surface area contributed by atoms with Gasteiger partial charge in [-0.1, -0.05) is 31.2 Å². The van der Waals surface area contributed by atoms with Crippen LogP contribution in [-0.2, 0) is 16.0 Å². The Hall–Kier alpha value is -2.26. The third-order valence-electron chi connectivity index (χ3n) is 5.38. The minimum atomic E-state index is -2.49. The van der Waals surface area contributed by atoms with Crippen LogP contribution in [0.15, 0.2) is 51.4 Å². The van der Waals surface area contributed by atoms with Gasteiger partial charge in [-0.3, -0.25) is 4.99 Å². The van der Waals surface area contributed by atoms with Gasteiger partial charge >= 0.3 is 5.97 Å². The van der Waals surface area contributed by atoms with Crippen molar-refractivity contribution in [3.8, 4) is 11.5 Å². The number of nitrogens with zero attached hydrogens (tertiary/aromatic N) is 1. The largest absolute Gasteiger partial charge is 0.492 e. The van der Waals surface area contributed by atoms with Crippen LogP contribution in [0.25, 0.3) is 0 Å². The second kappa shape index (κ2) is 13.2. The molecule has 1 aromatic carbocycles. The molecule has 190 valence electrons. The molecule has 1 atom stereocenters. The quantitative estimate of drug-likeness (QED) is 0.158. The third kappa shape index (κ3) is 7.36. The zero-order valence-corrected chi connectivity index (χ0v) is 22.1. The van der Waals surface area contributed by atoms with Gasteiger partial charge < -0.3 is 14.2 Å². The van der Waals surface area contributed by atoms with Crippen molar-refractivity contribution in [3.05, 3.63) is 52.6 Å². The molecular weight excluding hydrogens is 492 g/mol. The summed E-state index contributed by atoms with van der Waals surface area (Å²) in [5.74, 6) is 1.90. The van der Waals surface area contributed by atoms with Gasteiger partial charge in [0.15, 0.2) is 6.61 Å². The predicted molar refractivity (Wildman–Crippen MR) is 140 cm³/mol. The van der Waals surface area contributed by atoms with Gasteiger partial charge in [0.25, 0.3) is 6.43 Å². The monoisotopic (exact) mass is 523 g/mol. The lowest BCUT2D eigenvalue weighted by Gasteiger charge is -2.17. The van der Waals surface area contributed by atoms with E-state index >= 15 is 0 Å². The molecule has 0 N–H and O–H groups in total. The van der Waals surface area contributed by atoms with Gasteiger partial charge in [-0.2, -0.15) is 0 Å². The summed E-state index contributed by atoms with van der Waals surface area (Å²) in [6, 6.07) is 2.04. The van der Waals surface area contributed by atoms with Crippen molar-refractivity contribution in [2.45, 2.75) is 50.2 Å². The zero-order valence-electron chi connectivity index (χ0n) is 20.4. The second-order valence-corrected chi connectivity index (χ2v) is 10.6. The number of carbonyl (C=O) groups excluding carboxylic acids is 1. The average Bonchev–Trinajstić information content (AvgIpc) is 3.18. The van der Waals surface area contributed by atoms with Crippen LogP contribution in [-0.4, -0.2) is 55.3 Å². The Morgan fingerprint density at radius 2 is 2.11 bits per heavy atom. The van der Waals surface area contributed by atoms with E-state index in [9.17, 15) is 13.6 Å². The first-order valence-electron chi connectivity index (χ1n) is 11.5. The second-order valence-electron chi connectivity index (χ2n) is 8.08. The minimum absolute atomic E-state index is 0.0210. The highest BCUT2D eigenvalue weighted by Gasteiger charge is 2.25. The molecule has 0 radical (unpaired) electrons. The fourth-order valence-electron chi connectivity index (χ4n) is 3.69. The number of carbonyl (C=O) groups is 1. The number of aliphatic imine (C=N–C) groups is 1. The topological polar surface area (TPSA) is 57.1 Å². The number of allylic oxidation sites excluding steroid dienone is 5. The number of rotatable bonds is 10. The number of methoxy groups -OCH3 is 1. The van der Waals surface area contributed by atoms with Crippen molar-refractivity contribution in [2.75, 3.05) is 32.6 Å². The van der Waals surface area contributed by atoms with Gasteiger partial charge in [-0.15, -0.1) is 23.5 Å². The fraction of sp³-hybridized carbons (Fsp3) is 0.462. The fourth-order valence-corrected chi connectivity index (χ4v) is 6.04. The molecule has 0 fully saturated rings. The van der Waals surface area contributed by atoms with Crippen LogP contribution in [0.5, 0.6) is 11.5 Å². The number of fused-ring (bicyclic) bond motifs is 1. The van der Waals surface area contributed by atoms with Crippen molar-refractivity contribution in [1.82, 2.24) is 0 Å². The van der Waals surface area contributed by atoms with Crippen LogP contribution in [0.3, 0.4) is 0 Å². The summed E-state index contributed by atoms with van der Waals surface area (Å²) in [5, 5.41) is 1.12. The van der Waals surface area contributed by atoms with E-state index in [1.165, 1.54) is 19.3 Å². The molecule has 1 aliphatic carbocycles. The molecule has 0 aromatic heterocycles. The molecule has 35 heavy (non-hydrogen) atoms. The van der Waals surface area contributed by atoms with Crippen LogP contribution in [0.4, 0.5) is 8.78 Å². The summed E-state index contributed by atoms with van der Waals surface area (Å²) in [7, 11) is 1.34. The maximum atomic E-state index is 13.1. The molecule has 0 saturated carbocycles. The summed E-state index contributed by atoms with van der Waals surface area (Å²) in [4.78, 5) is 17.2. The summed E-state index contributed by atoms with van der Waals surface area (Å²) in [6.07, 6.45) is 5.34. The highest BCUT2D eigenvalue weighted by molar-refractivity contribution is 8.15. The molecule has 1 aliphatic heterocycles. The van der Waals surface area contributed by atoms with E-state index in [0.717, 1.165) is 44.6 Å². The van der Waals surface area contributed by atoms with Gasteiger partial charge in [0.2, 0.25) is 0 Å². The van der Waals surface area contributed by atoms with E-state index in [0.29, 0.717) is 25.3 Å². The highest BCUT2D eigenvalue weighted by Crippen LogP contribution is 2.44. The molecular formula is C26H31F2NO4S2. The van der Waals surface area contributed by atoms with Crippen LogP contribution >= 0.6 is 23.5 Å². The van der Waals surface area contributed by atoms with E-state index in [2.05, 4.69) is 16.7 Å². The molecule has 0 amide bonds. The van der Waals surface area contributed by atoms with Crippen molar-refractivity contribution in [2.24, 2.45) is 4.99 Å². The molecule has 0 bridgehead atoms. The number of halogens is 2. The van der Waals surface area contributed by atoms with Crippen molar-refractivity contribution < 1.29 is 27.8 Å². The van der Waals surface area contributed by atoms with E-state index < -0.39 is 12.4 Å². The van der Waals surface area contributed by atoms with Crippen LogP contribution in [0.1, 0.15) is 31.4 Å². The number of benzene rings is 1. The molecule has 0 saturated heterocycles. The number of aryl methyl sites for hydroxylation is 1. The van der Waals surface area contributed by atoms with Gasteiger partial charge in [-0.25, -0.2) is 13.6 Å². The Balaban J connectivity index is 1.69. The highest BCUT2D eigenvalue weighted by atomic mass is 32.2. The van der Waals surface area contributed by atoms with Crippen LogP contribution < -0.4 is 9.47 Å². The number of ether oxygens (including phenoxy) is 3. The zero-order chi connectivity index (χ0) is 25.4. The Bertz CT molecular complexity index is 1050.